The third-order valence-electron chi connectivity index (χ3n) is 4.46. The number of halogens is 4. The van der Waals surface area contributed by atoms with Crippen LogP contribution in [-0.4, -0.2) is 25.1 Å². The summed E-state index contributed by atoms with van der Waals surface area (Å²) in [4.78, 5) is 4.61. The monoisotopic (exact) mass is 453 g/mol. The zero-order valence-corrected chi connectivity index (χ0v) is 15.9. The van der Waals surface area contributed by atoms with Gasteiger partial charge in [0.1, 0.15) is 0 Å². The number of nitrogens with one attached hydrogen (secondary N) is 2. The molecule has 0 radical (unpaired) electrons. The third kappa shape index (κ3) is 4.77. The van der Waals surface area contributed by atoms with Gasteiger partial charge in [0, 0.05) is 18.0 Å². The molecule has 0 bridgehead atoms. The molecule has 2 saturated carbocycles. The Morgan fingerprint density at radius 2 is 2.00 bits per heavy atom. The molecule has 2 aliphatic carbocycles. The molecule has 24 heavy (non-hydrogen) atoms. The smallest absolute Gasteiger partial charge is 0.357 e. The normalized spacial score (nSPS) is 19.4. The minimum atomic E-state index is -4.29. The van der Waals surface area contributed by atoms with Crippen LogP contribution in [0.3, 0.4) is 0 Å². The maximum absolute atomic E-state index is 12.9. The highest BCUT2D eigenvalue weighted by atomic mass is 127. The molecule has 0 amide bonds. The molecule has 0 saturated heterocycles. The van der Waals surface area contributed by atoms with Crippen molar-refractivity contribution in [2.75, 3.05) is 13.1 Å². The molecule has 2 fully saturated rings. The van der Waals surface area contributed by atoms with Crippen molar-refractivity contribution in [2.45, 2.75) is 50.2 Å². The molecule has 134 valence electrons. The highest BCUT2D eigenvalue weighted by Crippen LogP contribution is 2.49. The van der Waals surface area contributed by atoms with Crippen molar-refractivity contribution in [2.24, 2.45) is 4.99 Å². The third-order valence-corrected chi connectivity index (χ3v) is 4.46. The van der Waals surface area contributed by atoms with Crippen molar-refractivity contribution in [1.29, 1.82) is 0 Å². The van der Waals surface area contributed by atoms with Crippen molar-refractivity contribution in [3.8, 4) is 0 Å². The molecule has 2 N–H and O–H groups in total. The Hall–Kier alpha value is -0.990. The Kier molecular flexibility index (Phi) is 6.04. The number of nitrogens with zero attached hydrogens (tertiary/aromatic N) is 1. The average molecular weight is 453 g/mol. The molecule has 7 heteroatoms. The van der Waals surface area contributed by atoms with Gasteiger partial charge < -0.3 is 10.6 Å². The van der Waals surface area contributed by atoms with Gasteiger partial charge in [-0.2, -0.15) is 13.2 Å². The lowest BCUT2D eigenvalue weighted by Gasteiger charge is -2.17. The fourth-order valence-electron chi connectivity index (χ4n) is 2.69. The van der Waals surface area contributed by atoms with Crippen LogP contribution >= 0.6 is 24.0 Å². The molecule has 2 aliphatic rings. The van der Waals surface area contributed by atoms with Gasteiger partial charge in [-0.1, -0.05) is 18.2 Å². The number of benzene rings is 1. The average Bonchev–Trinajstić information content (AvgIpc) is 3.40. The van der Waals surface area contributed by atoms with Crippen molar-refractivity contribution in [3.63, 3.8) is 0 Å². The molecule has 1 aromatic rings. The Bertz CT molecular complexity index is 593. The second-order valence-corrected chi connectivity index (χ2v) is 6.47. The largest absolute Gasteiger partial charge is 0.416 e. The fraction of sp³-hybridized carbons (Fsp3) is 0.588. The molecule has 0 spiro atoms. The van der Waals surface area contributed by atoms with Crippen molar-refractivity contribution < 1.29 is 13.2 Å². The lowest BCUT2D eigenvalue weighted by molar-refractivity contribution is -0.137. The Balaban J connectivity index is 0.00000208. The number of hydrogen-bond donors (Lipinski definition) is 2. The van der Waals surface area contributed by atoms with E-state index in [2.05, 4.69) is 15.6 Å². The lowest BCUT2D eigenvalue weighted by atomic mass is 9.94. The van der Waals surface area contributed by atoms with Gasteiger partial charge in [-0.15, -0.1) is 24.0 Å². The Morgan fingerprint density at radius 1 is 1.29 bits per heavy atom. The van der Waals surface area contributed by atoms with Gasteiger partial charge in [0.15, 0.2) is 5.96 Å². The van der Waals surface area contributed by atoms with Gasteiger partial charge in [0.25, 0.3) is 0 Å². The lowest BCUT2D eigenvalue weighted by Crippen LogP contribution is -2.39. The summed E-state index contributed by atoms with van der Waals surface area (Å²) in [5.41, 5.74) is -0.0562. The molecule has 0 heterocycles. The SMILES string of the molecule is CCNC(=NCC1(c2cccc(C(F)(F)F)c2)CC1)NC1CC1.I. The number of alkyl halides is 3. The predicted molar refractivity (Wildman–Crippen MR) is 99.9 cm³/mol. The summed E-state index contributed by atoms with van der Waals surface area (Å²) in [6.07, 6.45) is -0.203. The van der Waals surface area contributed by atoms with Gasteiger partial charge in [-0.05, 0) is 44.2 Å². The minimum absolute atomic E-state index is 0. The van der Waals surface area contributed by atoms with Gasteiger partial charge in [-0.25, -0.2) is 0 Å². The molecule has 0 unspecified atom stereocenters. The zero-order chi connectivity index (χ0) is 16.5. The van der Waals surface area contributed by atoms with E-state index >= 15 is 0 Å². The Labute approximate surface area is 157 Å². The second kappa shape index (κ2) is 7.49. The quantitative estimate of drug-likeness (QED) is 0.401. The van der Waals surface area contributed by atoms with Crippen molar-refractivity contribution >= 4 is 29.9 Å². The summed E-state index contributed by atoms with van der Waals surface area (Å²) in [6, 6.07) is 6.19. The van der Waals surface area contributed by atoms with Crippen LogP contribution < -0.4 is 10.6 Å². The molecule has 3 rings (SSSR count). The standard InChI is InChI=1S/C17H22F3N3.HI/c1-2-21-15(23-14-6-7-14)22-11-16(8-9-16)12-4-3-5-13(10-12)17(18,19)20;/h3-5,10,14H,2,6-9,11H2,1H3,(H2,21,22,23);1H. The predicted octanol–water partition coefficient (Wildman–Crippen LogP) is 4.07. The van der Waals surface area contributed by atoms with E-state index in [1.165, 1.54) is 12.1 Å². The van der Waals surface area contributed by atoms with Gasteiger partial charge >= 0.3 is 6.18 Å². The topological polar surface area (TPSA) is 36.4 Å². The van der Waals surface area contributed by atoms with Crippen LogP contribution in [-0.2, 0) is 11.6 Å². The molecule has 0 aliphatic heterocycles. The van der Waals surface area contributed by atoms with E-state index in [4.69, 9.17) is 0 Å². The number of guanidine groups is 1. The first-order valence-electron chi connectivity index (χ1n) is 8.15. The van der Waals surface area contributed by atoms with Crippen LogP contribution in [0.4, 0.5) is 13.2 Å². The minimum Gasteiger partial charge on any atom is -0.357 e. The maximum Gasteiger partial charge on any atom is 0.416 e. The molecular formula is C17H23F3IN3. The first-order valence-corrected chi connectivity index (χ1v) is 8.15. The molecular weight excluding hydrogens is 430 g/mol. The van der Waals surface area contributed by atoms with E-state index < -0.39 is 11.7 Å². The second-order valence-electron chi connectivity index (χ2n) is 6.47. The van der Waals surface area contributed by atoms with Crippen molar-refractivity contribution in [3.05, 3.63) is 35.4 Å². The van der Waals surface area contributed by atoms with Crippen LogP contribution in [0.1, 0.15) is 43.7 Å². The molecule has 0 aromatic heterocycles. The number of hydrogen-bond acceptors (Lipinski definition) is 1. The molecule has 1 aromatic carbocycles. The van der Waals surface area contributed by atoms with E-state index in [1.807, 2.05) is 6.92 Å². The van der Waals surface area contributed by atoms with E-state index in [9.17, 15) is 13.2 Å². The summed E-state index contributed by atoms with van der Waals surface area (Å²) >= 11 is 0. The summed E-state index contributed by atoms with van der Waals surface area (Å²) in [7, 11) is 0. The van der Waals surface area contributed by atoms with Crippen LogP contribution in [0.15, 0.2) is 29.3 Å². The Morgan fingerprint density at radius 3 is 2.54 bits per heavy atom. The highest BCUT2D eigenvalue weighted by molar-refractivity contribution is 14.0. The first-order chi connectivity index (χ1) is 10.9. The van der Waals surface area contributed by atoms with E-state index in [-0.39, 0.29) is 29.4 Å². The van der Waals surface area contributed by atoms with Crippen LogP contribution in [0.5, 0.6) is 0 Å². The molecule has 3 nitrogen and oxygen atoms in total. The van der Waals surface area contributed by atoms with Crippen molar-refractivity contribution in [1.82, 2.24) is 10.6 Å². The fourth-order valence-corrected chi connectivity index (χ4v) is 2.69. The van der Waals surface area contributed by atoms with Gasteiger partial charge in [0.2, 0.25) is 0 Å². The summed E-state index contributed by atoms with van der Waals surface area (Å²) in [5.74, 6) is 0.772. The van der Waals surface area contributed by atoms with E-state index in [0.29, 0.717) is 12.6 Å². The van der Waals surface area contributed by atoms with Gasteiger partial charge in [0.05, 0.1) is 12.1 Å². The number of aliphatic imine (C=N–C) groups is 1. The van der Waals surface area contributed by atoms with E-state index in [1.54, 1.807) is 6.07 Å². The summed E-state index contributed by atoms with van der Waals surface area (Å²) < 4.78 is 38.7. The van der Waals surface area contributed by atoms with Gasteiger partial charge in [-0.3, -0.25) is 4.99 Å². The molecule has 0 atom stereocenters. The van der Waals surface area contributed by atoms with Crippen LogP contribution in [0.25, 0.3) is 0 Å². The number of rotatable bonds is 5. The van der Waals surface area contributed by atoms with E-state index in [0.717, 1.165) is 49.8 Å². The summed E-state index contributed by atoms with van der Waals surface area (Å²) in [6.45, 7) is 3.30. The van der Waals surface area contributed by atoms with Crippen LogP contribution in [0.2, 0.25) is 0 Å². The van der Waals surface area contributed by atoms with Crippen LogP contribution in [0, 0.1) is 0 Å². The maximum atomic E-state index is 12.9. The first kappa shape index (κ1) is 19.3. The summed E-state index contributed by atoms with van der Waals surface area (Å²) in [5, 5.41) is 6.54. The zero-order valence-electron chi connectivity index (χ0n) is 13.6. The highest BCUT2D eigenvalue weighted by Gasteiger charge is 2.45.